The van der Waals surface area contributed by atoms with Crippen LogP contribution in [0, 0.1) is 11.8 Å². The number of likely N-dealkylation sites (N-methyl/N-ethyl adjacent to an activating group) is 1. The lowest BCUT2D eigenvalue weighted by atomic mass is 9.69. The second-order valence-corrected chi connectivity index (χ2v) is 8.89. The Labute approximate surface area is 160 Å². The molecule has 26 heavy (non-hydrogen) atoms. The molecule has 150 valence electrons. The van der Waals surface area contributed by atoms with Gasteiger partial charge in [0.15, 0.2) is 5.96 Å². The number of guanidine groups is 1. The Kier molecular flexibility index (Phi) is 7.21. The molecule has 1 aliphatic heterocycles. The van der Waals surface area contributed by atoms with E-state index in [9.17, 15) is 0 Å². The maximum absolute atomic E-state index is 5.59. The number of hydrogen-bond acceptors (Lipinski definition) is 3. The second kappa shape index (κ2) is 9.41. The van der Waals surface area contributed by atoms with Gasteiger partial charge >= 0.3 is 0 Å². The molecule has 1 heterocycles. The van der Waals surface area contributed by atoms with Crippen LogP contribution in [0.3, 0.4) is 0 Å². The van der Waals surface area contributed by atoms with Crippen LogP contribution in [0.1, 0.15) is 64.7 Å². The van der Waals surface area contributed by atoms with Crippen molar-refractivity contribution in [3.05, 3.63) is 0 Å². The van der Waals surface area contributed by atoms with Gasteiger partial charge < -0.3 is 20.3 Å². The van der Waals surface area contributed by atoms with Gasteiger partial charge in [-0.3, -0.25) is 4.99 Å². The van der Waals surface area contributed by atoms with Crippen LogP contribution in [-0.4, -0.2) is 62.8 Å². The Balaban J connectivity index is 1.59. The summed E-state index contributed by atoms with van der Waals surface area (Å²) in [5.74, 6) is 2.96. The Morgan fingerprint density at radius 2 is 1.81 bits per heavy atom. The van der Waals surface area contributed by atoms with Crippen molar-refractivity contribution < 1.29 is 4.74 Å². The van der Waals surface area contributed by atoms with Crippen LogP contribution < -0.4 is 10.6 Å². The van der Waals surface area contributed by atoms with E-state index in [1.807, 2.05) is 0 Å². The standard InChI is InChI=1S/C21H40N4O/c1-4-22-20(23-16-21(25(2)3)11-13-26-14-12-21)24-19-10-9-17-7-5-6-8-18(17)15-19/h17-19H,4-16H2,1-3H3,(H2,22,23,24). The highest BCUT2D eigenvalue weighted by Gasteiger charge is 2.35. The van der Waals surface area contributed by atoms with Gasteiger partial charge in [-0.05, 0) is 65.0 Å². The Morgan fingerprint density at radius 1 is 1.08 bits per heavy atom. The fraction of sp³-hybridized carbons (Fsp3) is 0.952. The van der Waals surface area contributed by atoms with E-state index in [1.54, 1.807) is 0 Å². The largest absolute Gasteiger partial charge is 0.381 e. The van der Waals surface area contributed by atoms with Crippen LogP contribution in [0.4, 0.5) is 0 Å². The summed E-state index contributed by atoms with van der Waals surface area (Å²) in [6.45, 7) is 5.62. The highest BCUT2D eigenvalue weighted by Crippen LogP contribution is 2.40. The van der Waals surface area contributed by atoms with Crippen LogP contribution in [0.5, 0.6) is 0 Å². The van der Waals surface area contributed by atoms with Gasteiger partial charge in [0.1, 0.15) is 0 Å². The number of nitrogens with zero attached hydrogens (tertiary/aromatic N) is 2. The second-order valence-electron chi connectivity index (χ2n) is 8.89. The number of fused-ring (bicyclic) bond motifs is 1. The molecule has 1 saturated heterocycles. The fourth-order valence-corrected chi connectivity index (χ4v) is 5.24. The number of hydrogen-bond donors (Lipinski definition) is 2. The average molecular weight is 365 g/mol. The lowest BCUT2D eigenvalue weighted by Gasteiger charge is -2.42. The van der Waals surface area contributed by atoms with Crippen molar-refractivity contribution in [3.8, 4) is 0 Å². The van der Waals surface area contributed by atoms with Crippen molar-refractivity contribution in [1.82, 2.24) is 15.5 Å². The summed E-state index contributed by atoms with van der Waals surface area (Å²) in [6.07, 6.45) is 12.0. The van der Waals surface area contributed by atoms with Crippen LogP contribution >= 0.6 is 0 Å². The van der Waals surface area contributed by atoms with E-state index in [4.69, 9.17) is 9.73 Å². The summed E-state index contributed by atoms with van der Waals surface area (Å²) < 4.78 is 5.59. The molecule has 5 nitrogen and oxygen atoms in total. The number of aliphatic imine (C=N–C) groups is 1. The fourth-order valence-electron chi connectivity index (χ4n) is 5.24. The molecule has 2 aliphatic carbocycles. The first-order valence-corrected chi connectivity index (χ1v) is 10.9. The van der Waals surface area contributed by atoms with Crippen molar-refractivity contribution >= 4 is 5.96 Å². The molecule has 0 amide bonds. The Hall–Kier alpha value is -0.810. The predicted octanol–water partition coefficient (Wildman–Crippen LogP) is 3.01. The zero-order valence-electron chi connectivity index (χ0n) is 17.2. The molecule has 0 aromatic carbocycles. The smallest absolute Gasteiger partial charge is 0.191 e. The normalized spacial score (nSPS) is 32.2. The van der Waals surface area contributed by atoms with E-state index >= 15 is 0 Å². The minimum atomic E-state index is 0.141. The summed E-state index contributed by atoms with van der Waals surface area (Å²) in [4.78, 5) is 7.38. The first kappa shape index (κ1) is 19.9. The lowest BCUT2D eigenvalue weighted by molar-refractivity contribution is -0.00256. The SMILES string of the molecule is CCNC(=NCC1(N(C)C)CCOCC1)NC1CCC2CCCCC2C1. The van der Waals surface area contributed by atoms with Crippen molar-refractivity contribution in [2.75, 3.05) is 40.4 Å². The molecule has 3 fully saturated rings. The molecule has 0 bridgehead atoms. The van der Waals surface area contributed by atoms with E-state index in [0.29, 0.717) is 6.04 Å². The summed E-state index contributed by atoms with van der Waals surface area (Å²) in [5, 5.41) is 7.26. The molecule has 3 rings (SSSR count). The first-order valence-electron chi connectivity index (χ1n) is 10.9. The van der Waals surface area contributed by atoms with Crippen LogP contribution in [0.25, 0.3) is 0 Å². The number of ether oxygens (including phenoxy) is 1. The average Bonchev–Trinajstić information content (AvgIpc) is 2.67. The molecule has 0 aromatic rings. The highest BCUT2D eigenvalue weighted by molar-refractivity contribution is 5.80. The molecule has 3 unspecified atom stereocenters. The van der Waals surface area contributed by atoms with Gasteiger partial charge in [0.2, 0.25) is 0 Å². The third kappa shape index (κ3) is 4.92. The van der Waals surface area contributed by atoms with Gasteiger partial charge in [0.05, 0.1) is 6.54 Å². The summed E-state index contributed by atoms with van der Waals surface area (Å²) >= 11 is 0. The van der Waals surface area contributed by atoms with E-state index in [2.05, 4.69) is 36.6 Å². The molecule has 2 N–H and O–H groups in total. The highest BCUT2D eigenvalue weighted by atomic mass is 16.5. The van der Waals surface area contributed by atoms with Crippen molar-refractivity contribution in [1.29, 1.82) is 0 Å². The van der Waals surface area contributed by atoms with Gasteiger partial charge in [-0.15, -0.1) is 0 Å². The maximum Gasteiger partial charge on any atom is 0.191 e. The van der Waals surface area contributed by atoms with Crippen molar-refractivity contribution in [2.24, 2.45) is 16.8 Å². The van der Waals surface area contributed by atoms with Crippen LogP contribution in [-0.2, 0) is 4.74 Å². The zero-order valence-corrected chi connectivity index (χ0v) is 17.2. The Morgan fingerprint density at radius 3 is 2.50 bits per heavy atom. The molecule has 0 aromatic heterocycles. The quantitative estimate of drug-likeness (QED) is 0.582. The lowest BCUT2D eigenvalue weighted by Crippen LogP contribution is -2.52. The van der Waals surface area contributed by atoms with Crippen molar-refractivity contribution in [3.63, 3.8) is 0 Å². The van der Waals surface area contributed by atoms with E-state index in [1.165, 1.54) is 44.9 Å². The van der Waals surface area contributed by atoms with E-state index in [-0.39, 0.29) is 5.54 Å². The molecular formula is C21H40N4O. The Bertz CT molecular complexity index is 459. The van der Waals surface area contributed by atoms with E-state index < -0.39 is 0 Å². The van der Waals surface area contributed by atoms with E-state index in [0.717, 1.165) is 56.9 Å². The topological polar surface area (TPSA) is 48.9 Å². The molecule has 3 aliphatic rings. The minimum Gasteiger partial charge on any atom is -0.381 e. The molecule has 0 spiro atoms. The third-order valence-corrected chi connectivity index (χ3v) is 7.13. The van der Waals surface area contributed by atoms with Crippen LogP contribution in [0.2, 0.25) is 0 Å². The number of rotatable bonds is 5. The molecule has 0 radical (unpaired) electrons. The summed E-state index contributed by atoms with van der Waals surface area (Å²) in [7, 11) is 4.37. The predicted molar refractivity (Wildman–Crippen MR) is 109 cm³/mol. The monoisotopic (exact) mass is 364 g/mol. The maximum atomic E-state index is 5.59. The third-order valence-electron chi connectivity index (χ3n) is 7.13. The van der Waals surface area contributed by atoms with Gasteiger partial charge in [0, 0.05) is 31.3 Å². The molecule has 2 saturated carbocycles. The van der Waals surface area contributed by atoms with Crippen LogP contribution in [0.15, 0.2) is 4.99 Å². The summed E-state index contributed by atoms with van der Waals surface area (Å²) in [5.41, 5.74) is 0.141. The molecule has 3 atom stereocenters. The number of nitrogens with one attached hydrogen (secondary N) is 2. The summed E-state index contributed by atoms with van der Waals surface area (Å²) in [6, 6.07) is 0.595. The zero-order chi connectivity index (χ0) is 18.4. The van der Waals surface area contributed by atoms with Gasteiger partial charge in [-0.2, -0.15) is 0 Å². The van der Waals surface area contributed by atoms with Gasteiger partial charge in [0.25, 0.3) is 0 Å². The molecular weight excluding hydrogens is 324 g/mol. The molecule has 5 heteroatoms. The first-order chi connectivity index (χ1) is 12.6. The van der Waals surface area contributed by atoms with Gasteiger partial charge in [-0.1, -0.05) is 25.7 Å². The minimum absolute atomic E-state index is 0.141. The van der Waals surface area contributed by atoms with Crippen molar-refractivity contribution in [2.45, 2.75) is 76.3 Å². The van der Waals surface area contributed by atoms with Gasteiger partial charge in [-0.25, -0.2) is 0 Å².